The van der Waals surface area contributed by atoms with E-state index in [9.17, 15) is 0 Å². The predicted octanol–water partition coefficient (Wildman–Crippen LogP) is 3.01. The molecule has 0 aliphatic carbocycles. The molecule has 0 spiro atoms. The number of nitrogens with one attached hydrogen (secondary N) is 1. The van der Waals surface area contributed by atoms with Gasteiger partial charge in [0.05, 0.1) is 0 Å². The quantitative estimate of drug-likeness (QED) is 0.537. The van der Waals surface area contributed by atoms with Crippen molar-refractivity contribution in [3.63, 3.8) is 0 Å². The number of nitrogens with zero attached hydrogens (tertiary/aromatic N) is 9. The molecule has 0 amide bonds. The first kappa shape index (κ1) is 23.2. The first-order valence-electron chi connectivity index (χ1n) is 10.7. The van der Waals surface area contributed by atoms with Gasteiger partial charge in [-0.2, -0.15) is 15.0 Å². The molecule has 10 heteroatoms. The maximum Gasteiger partial charge on any atom is 0.232 e. The minimum absolute atomic E-state index is 0.300. The highest BCUT2D eigenvalue weighted by Gasteiger charge is 2.15. The zero-order valence-electron chi connectivity index (χ0n) is 19.9. The van der Waals surface area contributed by atoms with Crippen LogP contribution in [-0.2, 0) is 13.1 Å². The van der Waals surface area contributed by atoms with Crippen molar-refractivity contribution in [1.82, 2.24) is 34.9 Å². The highest BCUT2D eigenvalue weighted by molar-refractivity contribution is 5.45. The number of hydrogen-bond acceptors (Lipinski definition) is 10. The normalized spacial score (nSPS) is 11.2. The minimum atomic E-state index is 0.300. The van der Waals surface area contributed by atoms with Crippen LogP contribution < -0.4 is 15.1 Å². The fourth-order valence-electron chi connectivity index (χ4n) is 2.99. The number of rotatable bonds is 9. The van der Waals surface area contributed by atoms with E-state index in [4.69, 9.17) is 0 Å². The molecule has 10 nitrogen and oxygen atoms in total. The average Bonchev–Trinajstić information content (AvgIpc) is 2.79. The average molecular weight is 437 g/mol. The molecule has 0 aliphatic rings. The van der Waals surface area contributed by atoms with E-state index in [1.807, 2.05) is 48.7 Å². The van der Waals surface area contributed by atoms with Crippen LogP contribution in [0.25, 0.3) is 0 Å². The van der Waals surface area contributed by atoms with Gasteiger partial charge in [-0.3, -0.25) is 0 Å². The Hall–Kier alpha value is -3.43. The molecule has 170 valence electrons. The van der Waals surface area contributed by atoms with Gasteiger partial charge >= 0.3 is 0 Å². The van der Waals surface area contributed by atoms with Crippen molar-refractivity contribution >= 4 is 17.8 Å². The lowest BCUT2D eigenvalue weighted by Gasteiger charge is -2.21. The summed E-state index contributed by atoms with van der Waals surface area (Å²) in [6.07, 6.45) is 7.42. The Morgan fingerprint density at radius 3 is 1.38 bits per heavy atom. The Morgan fingerprint density at radius 2 is 1.06 bits per heavy atom. The van der Waals surface area contributed by atoms with Crippen molar-refractivity contribution in [2.24, 2.45) is 0 Å². The molecule has 3 aromatic rings. The molecule has 0 atom stereocenters. The van der Waals surface area contributed by atoms with Crippen molar-refractivity contribution < 1.29 is 0 Å². The summed E-state index contributed by atoms with van der Waals surface area (Å²) in [5.41, 5.74) is 1.97. The Labute approximate surface area is 189 Å². The second kappa shape index (κ2) is 10.3. The van der Waals surface area contributed by atoms with Gasteiger partial charge in [0, 0.05) is 82.0 Å². The first-order valence-corrected chi connectivity index (χ1v) is 10.7. The fraction of sp³-hybridized carbons (Fsp3) is 0.500. The standard InChI is InChI=1S/C22H32N10/c1-14(2)18-24-8-16(9-25-18)12-31(6)21-28-20(23-5)29-22(30-21)32(7)13-17-10-26-19(15(3)4)27-11-17/h8-11,14-15H,12-13H2,1-7H3,(H,23,28,29,30). The summed E-state index contributed by atoms with van der Waals surface area (Å²) >= 11 is 0. The van der Waals surface area contributed by atoms with Crippen molar-refractivity contribution in [3.8, 4) is 0 Å². The highest BCUT2D eigenvalue weighted by Crippen LogP contribution is 2.18. The van der Waals surface area contributed by atoms with E-state index >= 15 is 0 Å². The smallest absolute Gasteiger partial charge is 0.232 e. The molecule has 0 saturated carbocycles. The van der Waals surface area contributed by atoms with Crippen LogP contribution >= 0.6 is 0 Å². The second-order valence-electron chi connectivity index (χ2n) is 8.43. The summed E-state index contributed by atoms with van der Waals surface area (Å²) in [6, 6.07) is 0. The Balaban J connectivity index is 1.76. The molecular weight excluding hydrogens is 404 g/mol. The third kappa shape index (κ3) is 5.83. The van der Waals surface area contributed by atoms with Gasteiger partial charge in [-0.1, -0.05) is 27.7 Å². The molecule has 0 fully saturated rings. The van der Waals surface area contributed by atoms with Crippen LogP contribution in [0, 0.1) is 0 Å². The zero-order chi connectivity index (χ0) is 23.3. The molecule has 0 bridgehead atoms. The molecule has 0 aliphatic heterocycles. The van der Waals surface area contributed by atoms with E-state index in [2.05, 4.69) is 67.9 Å². The summed E-state index contributed by atoms with van der Waals surface area (Å²) in [7, 11) is 5.67. The first-order chi connectivity index (χ1) is 15.3. The predicted molar refractivity (Wildman–Crippen MR) is 126 cm³/mol. The fourth-order valence-corrected chi connectivity index (χ4v) is 2.99. The molecule has 3 rings (SSSR count). The van der Waals surface area contributed by atoms with Gasteiger partial charge in [0.25, 0.3) is 0 Å². The van der Waals surface area contributed by atoms with E-state index < -0.39 is 0 Å². The molecule has 0 unspecified atom stereocenters. The van der Waals surface area contributed by atoms with Gasteiger partial charge in [-0.25, -0.2) is 19.9 Å². The number of aromatic nitrogens is 7. The van der Waals surface area contributed by atoms with E-state index in [1.165, 1.54) is 0 Å². The third-order valence-electron chi connectivity index (χ3n) is 4.84. The molecule has 32 heavy (non-hydrogen) atoms. The monoisotopic (exact) mass is 436 g/mol. The van der Waals surface area contributed by atoms with Gasteiger partial charge in [-0.15, -0.1) is 0 Å². The van der Waals surface area contributed by atoms with E-state index in [-0.39, 0.29) is 0 Å². The second-order valence-corrected chi connectivity index (χ2v) is 8.43. The highest BCUT2D eigenvalue weighted by atomic mass is 15.3. The SMILES string of the molecule is CNc1nc(N(C)Cc2cnc(C(C)C)nc2)nc(N(C)Cc2cnc(C(C)C)nc2)n1. The van der Waals surface area contributed by atoms with Crippen LogP contribution in [0.4, 0.5) is 17.8 Å². The Morgan fingerprint density at radius 1 is 0.688 bits per heavy atom. The van der Waals surface area contributed by atoms with Crippen LogP contribution in [0.2, 0.25) is 0 Å². The summed E-state index contributed by atoms with van der Waals surface area (Å²) in [6.45, 7) is 9.47. The van der Waals surface area contributed by atoms with Crippen molar-refractivity contribution in [1.29, 1.82) is 0 Å². The van der Waals surface area contributed by atoms with E-state index in [0.717, 1.165) is 22.8 Å². The van der Waals surface area contributed by atoms with Crippen LogP contribution in [0.5, 0.6) is 0 Å². The lowest BCUT2D eigenvalue weighted by molar-refractivity contribution is 0.755. The van der Waals surface area contributed by atoms with Gasteiger partial charge in [-0.05, 0) is 0 Å². The van der Waals surface area contributed by atoms with Gasteiger partial charge in [0.15, 0.2) is 0 Å². The maximum atomic E-state index is 4.67. The van der Waals surface area contributed by atoms with Crippen molar-refractivity contribution in [2.75, 3.05) is 36.3 Å². The lowest BCUT2D eigenvalue weighted by atomic mass is 10.2. The minimum Gasteiger partial charge on any atom is -0.357 e. The zero-order valence-corrected chi connectivity index (χ0v) is 19.9. The van der Waals surface area contributed by atoms with Crippen LogP contribution in [0.15, 0.2) is 24.8 Å². The molecular formula is C22H32N10. The largest absolute Gasteiger partial charge is 0.357 e. The van der Waals surface area contributed by atoms with Gasteiger partial charge < -0.3 is 15.1 Å². The topological polar surface area (TPSA) is 109 Å². The maximum absolute atomic E-state index is 4.67. The van der Waals surface area contributed by atoms with E-state index in [1.54, 1.807) is 7.05 Å². The number of hydrogen-bond donors (Lipinski definition) is 1. The molecule has 0 aromatic carbocycles. The van der Waals surface area contributed by atoms with E-state index in [0.29, 0.717) is 42.8 Å². The summed E-state index contributed by atoms with van der Waals surface area (Å²) in [5, 5.41) is 3.02. The molecule has 3 heterocycles. The summed E-state index contributed by atoms with van der Waals surface area (Å²) in [4.78, 5) is 35.4. The van der Waals surface area contributed by atoms with Crippen LogP contribution in [-0.4, -0.2) is 56.0 Å². The molecule has 1 N–H and O–H groups in total. The Bertz CT molecular complexity index is 924. The molecule has 0 saturated heterocycles. The molecule has 3 aromatic heterocycles. The number of anilines is 3. The van der Waals surface area contributed by atoms with Crippen molar-refractivity contribution in [3.05, 3.63) is 47.6 Å². The third-order valence-corrected chi connectivity index (χ3v) is 4.84. The summed E-state index contributed by atoms with van der Waals surface area (Å²) < 4.78 is 0. The Kier molecular flexibility index (Phi) is 7.45. The lowest BCUT2D eigenvalue weighted by Crippen LogP contribution is -2.24. The van der Waals surface area contributed by atoms with Crippen LogP contribution in [0.1, 0.15) is 62.3 Å². The molecule has 0 radical (unpaired) electrons. The van der Waals surface area contributed by atoms with Gasteiger partial charge in [0.2, 0.25) is 17.8 Å². The summed E-state index contributed by atoms with van der Waals surface area (Å²) in [5.74, 6) is 3.89. The van der Waals surface area contributed by atoms with Crippen LogP contribution in [0.3, 0.4) is 0 Å². The van der Waals surface area contributed by atoms with Gasteiger partial charge in [0.1, 0.15) is 11.6 Å². The van der Waals surface area contributed by atoms with Crippen molar-refractivity contribution in [2.45, 2.75) is 52.6 Å².